The van der Waals surface area contributed by atoms with Crippen molar-refractivity contribution < 1.29 is 9.47 Å². The lowest BCUT2D eigenvalue weighted by molar-refractivity contribution is 0.316. The number of hydrogen-bond acceptors (Lipinski definition) is 2. The molecule has 0 fully saturated rings. The Morgan fingerprint density at radius 2 is 0.800 bits per heavy atom. The van der Waals surface area contributed by atoms with Gasteiger partial charge >= 0.3 is 0 Å². The van der Waals surface area contributed by atoms with Crippen molar-refractivity contribution in [2.45, 2.75) is 91.2 Å². The molecule has 0 saturated heterocycles. The van der Waals surface area contributed by atoms with Gasteiger partial charge in [0.1, 0.15) is 11.5 Å². The van der Waals surface area contributed by atoms with Crippen LogP contribution in [0.1, 0.15) is 58.7 Å². The second-order valence-corrected chi connectivity index (χ2v) is 25.7. The van der Waals surface area contributed by atoms with Gasteiger partial charge in [0.05, 0.1) is 29.4 Å². The zero-order valence-corrected chi connectivity index (χ0v) is 34.0. The fourth-order valence-electron chi connectivity index (χ4n) is 7.47. The molecule has 50 heavy (non-hydrogen) atoms. The van der Waals surface area contributed by atoms with Gasteiger partial charge in [-0.25, -0.2) is 0 Å². The minimum Gasteiger partial charge on any atom is -0.494 e. The van der Waals surface area contributed by atoms with Gasteiger partial charge in [0.15, 0.2) is 0 Å². The van der Waals surface area contributed by atoms with Crippen molar-refractivity contribution >= 4 is 26.5 Å². The molecule has 0 unspecified atom stereocenters. The molecular formula is C46H58O2Si2. The molecule has 262 valence electrons. The summed E-state index contributed by atoms with van der Waals surface area (Å²) < 4.78 is 12.6. The van der Waals surface area contributed by atoms with E-state index in [-0.39, 0.29) is 5.41 Å². The van der Waals surface area contributed by atoms with E-state index in [0.717, 1.165) is 37.6 Å². The summed E-state index contributed by atoms with van der Waals surface area (Å²) in [6.45, 7) is 22.6. The number of rotatable bonds is 15. The van der Waals surface area contributed by atoms with Gasteiger partial charge in [0.25, 0.3) is 0 Å². The molecule has 5 rings (SSSR count). The van der Waals surface area contributed by atoms with Crippen LogP contribution in [-0.4, -0.2) is 29.4 Å². The van der Waals surface area contributed by atoms with Crippen LogP contribution in [0.15, 0.2) is 115 Å². The molecule has 0 aliphatic heterocycles. The van der Waals surface area contributed by atoms with Crippen molar-refractivity contribution in [2.24, 2.45) is 0 Å². The molecular weight excluding hydrogens is 641 g/mol. The average Bonchev–Trinajstić information content (AvgIpc) is 3.08. The smallest absolute Gasteiger partial charge is 0.119 e. The highest BCUT2D eigenvalue weighted by molar-refractivity contribution is 6.90. The van der Waals surface area contributed by atoms with Crippen LogP contribution in [0.3, 0.4) is 0 Å². The fraction of sp³-hybridized carbons (Fsp3) is 0.348. The molecule has 5 aromatic carbocycles. The molecule has 0 aliphatic carbocycles. The van der Waals surface area contributed by atoms with Crippen LogP contribution >= 0.6 is 0 Å². The highest BCUT2D eigenvalue weighted by atomic mass is 28.3. The number of ether oxygens (including phenoxy) is 2. The zero-order valence-electron chi connectivity index (χ0n) is 32.0. The Balaban J connectivity index is 1.21. The van der Waals surface area contributed by atoms with Gasteiger partial charge in [-0.1, -0.05) is 162 Å². The lowest BCUT2D eigenvalue weighted by atomic mass is 9.71. The molecule has 5 aromatic rings. The second kappa shape index (κ2) is 16.0. The van der Waals surface area contributed by atoms with Crippen LogP contribution in [0, 0.1) is 27.7 Å². The first kappa shape index (κ1) is 37.4. The van der Waals surface area contributed by atoms with Crippen molar-refractivity contribution in [3.05, 3.63) is 154 Å². The zero-order chi connectivity index (χ0) is 35.9. The van der Waals surface area contributed by atoms with E-state index < -0.39 is 16.1 Å². The lowest BCUT2D eigenvalue weighted by Gasteiger charge is -2.32. The monoisotopic (exact) mass is 698 g/mol. The second-order valence-electron chi connectivity index (χ2n) is 16.0. The molecule has 0 saturated carbocycles. The first-order valence-electron chi connectivity index (χ1n) is 18.5. The van der Waals surface area contributed by atoms with Crippen molar-refractivity contribution in [3.63, 3.8) is 0 Å². The quantitative estimate of drug-likeness (QED) is 0.0615. The molecule has 0 aliphatic rings. The summed E-state index contributed by atoms with van der Waals surface area (Å²) in [5.74, 6) is 1.87. The van der Waals surface area contributed by atoms with Crippen molar-refractivity contribution in [3.8, 4) is 11.5 Å². The van der Waals surface area contributed by atoms with Crippen LogP contribution in [0.25, 0.3) is 0 Å². The van der Waals surface area contributed by atoms with Crippen molar-refractivity contribution in [1.82, 2.24) is 0 Å². The van der Waals surface area contributed by atoms with Crippen LogP contribution < -0.4 is 19.8 Å². The minimum atomic E-state index is -1.51. The molecule has 0 amide bonds. The summed E-state index contributed by atoms with van der Waals surface area (Å²) in [4.78, 5) is 0. The van der Waals surface area contributed by atoms with E-state index in [9.17, 15) is 0 Å². The molecule has 0 spiro atoms. The normalized spacial score (nSPS) is 12.2. The molecule has 0 heterocycles. The highest BCUT2D eigenvalue weighted by Crippen LogP contribution is 2.40. The third-order valence-corrected chi connectivity index (χ3v) is 17.6. The molecule has 0 aromatic heterocycles. The third-order valence-electron chi connectivity index (χ3n) is 10.7. The third kappa shape index (κ3) is 9.27. The lowest BCUT2D eigenvalue weighted by Crippen LogP contribution is -2.41. The first-order valence-corrected chi connectivity index (χ1v) is 24.9. The van der Waals surface area contributed by atoms with E-state index in [4.69, 9.17) is 9.47 Å². The van der Waals surface area contributed by atoms with Crippen molar-refractivity contribution in [1.29, 1.82) is 0 Å². The number of aryl methyl sites for hydroxylation is 4. The first-order chi connectivity index (χ1) is 23.8. The minimum absolute atomic E-state index is 0.318. The Bertz CT molecular complexity index is 1690. The standard InChI is InChI=1S/C46H58O2Si2/c1-35-29-36(2)32-44(31-35)49(6,7)27-13-25-47-42-21-17-40(18-22-42)46(5,39-15-11-10-12-16-39)41-19-23-43(24-20-41)48-26-14-28-50(8,9)45-33-37(3)30-38(4)34-45/h10-12,15-24,29-34H,13-14,25-28H2,1-9H3. The van der Waals surface area contributed by atoms with Gasteiger partial charge in [-0.15, -0.1) is 0 Å². The van der Waals surface area contributed by atoms with Gasteiger partial charge in [0.2, 0.25) is 0 Å². The summed E-state index contributed by atoms with van der Waals surface area (Å²) in [6, 6.07) is 44.9. The summed E-state index contributed by atoms with van der Waals surface area (Å²) in [7, 11) is -3.03. The van der Waals surface area contributed by atoms with Crippen LogP contribution in [0.5, 0.6) is 11.5 Å². The van der Waals surface area contributed by atoms with E-state index in [0.29, 0.717) is 0 Å². The number of benzene rings is 5. The van der Waals surface area contributed by atoms with Gasteiger partial charge in [-0.3, -0.25) is 0 Å². The van der Waals surface area contributed by atoms with Crippen LogP contribution in [0.4, 0.5) is 0 Å². The average molecular weight is 699 g/mol. The summed E-state index contributed by atoms with van der Waals surface area (Å²) in [5, 5.41) is 3.10. The largest absolute Gasteiger partial charge is 0.494 e. The molecule has 2 nitrogen and oxygen atoms in total. The fourth-order valence-corrected chi connectivity index (χ4v) is 12.6. The predicted octanol–water partition coefficient (Wildman–Crippen LogP) is 11.0. The van der Waals surface area contributed by atoms with E-state index >= 15 is 0 Å². The van der Waals surface area contributed by atoms with Crippen LogP contribution in [0.2, 0.25) is 38.3 Å². The Morgan fingerprint density at radius 3 is 1.16 bits per heavy atom. The molecule has 0 bridgehead atoms. The van der Waals surface area contributed by atoms with E-state index in [1.165, 1.54) is 51.0 Å². The summed E-state index contributed by atoms with van der Waals surface area (Å²) >= 11 is 0. The molecule has 4 heteroatoms. The number of hydrogen-bond donors (Lipinski definition) is 0. The van der Waals surface area contributed by atoms with Gasteiger partial charge in [0, 0.05) is 5.41 Å². The maximum Gasteiger partial charge on any atom is 0.119 e. The van der Waals surface area contributed by atoms with Gasteiger partial charge < -0.3 is 9.47 Å². The maximum atomic E-state index is 6.29. The molecule has 0 radical (unpaired) electrons. The Labute approximate surface area is 304 Å². The van der Waals surface area contributed by atoms with Crippen molar-refractivity contribution in [2.75, 3.05) is 13.2 Å². The highest BCUT2D eigenvalue weighted by Gasteiger charge is 2.31. The predicted molar refractivity (Wildman–Crippen MR) is 221 cm³/mol. The Hall–Kier alpha value is -3.87. The SMILES string of the molecule is Cc1cc(C)cc([Si](C)(C)CCCOc2ccc(C(C)(c3ccccc3)c3ccc(OCCC[Si](C)(C)c4cc(C)cc(C)c4)cc3)cc2)c1. The summed E-state index contributed by atoms with van der Waals surface area (Å²) in [6.07, 6.45) is 2.13. The maximum absolute atomic E-state index is 6.29. The summed E-state index contributed by atoms with van der Waals surface area (Å²) in [5.41, 5.74) is 8.89. The topological polar surface area (TPSA) is 18.5 Å². The Morgan fingerprint density at radius 1 is 0.460 bits per heavy atom. The molecule has 0 atom stereocenters. The van der Waals surface area contributed by atoms with Crippen LogP contribution in [-0.2, 0) is 5.41 Å². The van der Waals surface area contributed by atoms with E-state index in [1.807, 2.05) is 0 Å². The molecule has 0 N–H and O–H groups in total. The van der Waals surface area contributed by atoms with E-state index in [1.54, 1.807) is 10.4 Å². The van der Waals surface area contributed by atoms with E-state index in [2.05, 4.69) is 176 Å². The Kier molecular flexibility index (Phi) is 12.0. The van der Waals surface area contributed by atoms with Gasteiger partial charge in [-0.2, -0.15) is 0 Å². The van der Waals surface area contributed by atoms with Gasteiger partial charge in [-0.05, 0) is 88.4 Å².